The molecular formula is C12H15F4N. The second-order valence-electron chi connectivity index (χ2n) is 4.14. The van der Waals surface area contributed by atoms with E-state index in [0.717, 1.165) is 18.2 Å². The largest absolute Gasteiger partial charge is 0.416 e. The molecule has 96 valence electrons. The van der Waals surface area contributed by atoms with Crippen LogP contribution in [0.15, 0.2) is 18.2 Å². The number of nitrogens with two attached hydrogens (primary N) is 1. The van der Waals surface area contributed by atoms with Gasteiger partial charge in [0, 0.05) is 6.04 Å². The van der Waals surface area contributed by atoms with Gasteiger partial charge >= 0.3 is 6.18 Å². The van der Waals surface area contributed by atoms with Crippen molar-refractivity contribution < 1.29 is 17.6 Å². The van der Waals surface area contributed by atoms with Crippen LogP contribution in [-0.4, -0.2) is 0 Å². The number of alkyl halides is 3. The monoisotopic (exact) mass is 249 g/mol. The van der Waals surface area contributed by atoms with Crippen LogP contribution < -0.4 is 5.73 Å². The molecule has 0 saturated carbocycles. The van der Waals surface area contributed by atoms with Crippen LogP contribution in [0.3, 0.4) is 0 Å². The maximum absolute atomic E-state index is 13.0. The van der Waals surface area contributed by atoms with Crippen molar-refractivity contribution in [2.24, 2.45) is 11.7 Å². The number of hydrogen-bond acceptors (Lipinski definition) is 1. The number of rotatable bonds is 3. The summed E-state index contributed by atoms with van der Waals surface area (Å²) in [5, 5.41) is 0. The van der Waals surface area contributed by atoms with Crippen LogP contribution in [0, 0.1) is 11.7 Å². The van der Waals surface area contributed by atoms with Crippen LogP contribution in [-0.2, 0) is 6.18 Å². The van der Waals surface area contributed by atoms with E-state index < -0.39 is 23.6 Å². The van der Waals surface area contributed by atoms with E-state index in [1.54, 1.807) is 6.92 Å². The van der Waals surface area contributed by atoms with Crippen LogP contribution in [0.5, 0.6) is 0 Å². The van der Waals surface area contributed by atoms with Crippen LogP contribution in [0.2, 0.25) is 0 Å². The molecule has 1 nitrogen and oxygen atoms in total. The van der Waals surface area contributed by atoms with Crippen molar-refractivity contribution in [3.63, 3.8) is 0 Å². The molecule has 0 aliphatic heterocycles. The fraction of sp³-hybridized carbons (Fsp3) is 0.500. The Bertz CT molecular complexity index is 387. The summed E-state index contributed by atoms with van der Waals surface area (Å²) in [5.41, 5.74) is 4.72. The summed E-state index contributed by atoms with van der Waals surface area (Å²) < 4.78 is 51.2. The Morgan fingerprint density at radius 3 is 2.35 bits per heavy atom. The summed E-state index contributed by atoms with van der Waals surface area (Å²) in [6, 6.07) is 1.61. The molecule has 1 aromatic rings. The fourth-order valence-corrected chi connectivity index (χ4v) is 1.63. The highest BCUT2D eigenvalue weighted by molar-refractivity contribution is 5.33. The molecule has 1 rings (SSSR count). The van der Waals surface area contributed by atoms with Crippen molar-refractivity contribution in [2.45, 2.75) is 32.5 Å². The minimum atomic E-state index is -4.51. The molecule has 1 unspecified atom stereocenters. The van der Waals surface area contributed by atoms with Gasteiger partial charge < -0.3 is 5.73 Å². The maximum Gasteiger partial charge on any atom is 0.416 e. The Labute approximate surface area is 97.6 Å². The fourth-order valence-electron chi connectivity index (χ4n) is 1.63. The van der Waals surface area contributed by atoms with Crippen molar-refractivity contribution in [1.29, 1.82) is 0 Å². The molecule has 0 aliphatic carbocycles. The first kappa shape index (κ1) is 14.0. The lowest BCUT2D eigenvalue weighted by atomic mass is 9.90. The third-order valence-corrected chi connectivity index (χ3v) is 2.94. The van der Waals surface area contributed by atoms with Gasteiger partial charge in [-0.2, -0.15) is 13.2 Å². The average molecular weight is 249 g/mol. The van der Waals surface area contributed by atoms with Gasteiger partial charge in [0.05, 0.1) is 5.56 Å². The molecule has 2 atom stereocenters. The molecule has 0 aromatic heterocycles. The molecule has 2 N–H and O–H groups in total. The Morgan fingerprint density at radius 2 is 1.88 bits per heavy atom. The molecule has 5 heteroatoms. The van der Waals surface area contributed by atoms with Gasteiger partial charge in [-0.15, -0.1) is 0 Å². The quantitative estimate of drug-likeness (QED) is 0.808. The van der Waals surface area contributed by atoms with Gasteiger partial charge in [-0.25, -0.2) is 4.39 Å². The van der Waals surface area contributed by atoms with Gasteiger partial charge in [0.1, 0.15) is 5.82 Å². The zero-order chi connectivity index (χ0) is 13.2. The first-order chi connectivity index (χ1) is 7.77. The van der Waals surface area contributed by atoms with Crippen LogP contribution >= 0.6 is 0 Å². The smallest absolute Gasteiger partial charge is 0.324 e. The molecule has 0 saturated heterocycles. The van der Waals surface area contributed by atoms with Crippen molar-refractivity contribution in [1.82, 2.24) is 0 Å². The van der Waals surface area contributed by atoms with Crippen molar-refractivity contribution >= 4 is 0 Å². The molecule has 0 heterocycles. The summed E-state index contributed by atoms with van der Waals surface area (Å²) in [4.78, 5) is 0. The summed E-state index contributed by atoms with van der Waals surface area (Å²) in [7, 11) is 0. The van der Waals surface area contributed by atoms with Gasteiger partial charge in [-0.3, -0.25) is 0 Å². The Hall–Kier alpha value is -1.10. The molecule has 0 spiro atoms. The van der Waals surface area contributed by atoms with Crippen LogP contribution in [0.1, 0.15) is 37.4 Å². The normalized spacial score (nSPS) is 15.7. The van der Waals surface area contributed by atoms with Crippen LogP contribution in [0.4, 0.5) is 17.6 Å². The number of hydrogen-bond donors (Lipinski definition) is 1. The summed E-state index contributed by atoms with van der Waals surface area (Å²) in [6.07, 6.45) is -3.87. The highest BCUT2D eigenvalue weighted by Gasteiger charge is 2.35. The third-order valence-electron chi connectivity index (χ3n) is 2.94. The lowest BCUT2D eigenvalue weighted by Crippen LogP contribution is -2.23. The Morgan fingerprint density at radius 1 is 1.29 bits per heavy atom. The predicted octanol–water partition coefficient (Wildman–Crippen LogP) is 3.89. The SMILES string of the molecule is CCC(C)[C@@H](N)c1cc(F)ccc1C(F)(F)F. The van der Waals surface area contributed by atoms with Crippen LogP contribution in [0.25, 0.3) is 0 Å². The standard InChI is InChI=1S/C12H15F4N/c1-3-7(2)11(17)9-6-8(13)4-5-10(9)12(14,15)16/h4-7,11H,3,17H2,1-2H3/t7?,11-/m1/s1. The Balaban J connectivity index is 3.25. The zero-order valence-corrected chi connectivity index (χ0v) is 9.68. The summed E-state index contributed by atoms with van der Waals surface area (Å²) in [6.45, 7) is 3.58. The highest BCUT2D eigenvalue weighted by atomic mass is 19.4. The van der Waals surface area contributed by atoms with E-state index in [-0.39, 0.29) is 11.5 Å². The molecule has 0 bridgehead atoms. The summed E-state index contributed by atoms with van der Waals surface area (Å²) >= 11 is 0. The Kier molecular flexibility index (Phi) is 4.14. The lowest BCUT2D eigenvalue weighted by molar-refractivity contribution is -0.138. The van der Waals surface area contributed by atoms with E-state index in [9.17, 15) is 17.6 Å². The topological polar surface area (TPSA) is 26.0 Å². The molecule has 0 fully saturated rings. The molecule has 0 aliphatic rings. The minimum Gasteiger partial charge on any atom is -0.324 e. The minimum absolute atomic E-state index is 0.141. The van der Waals surface area contributed by atoms with E-state index in [1.807, 2.05) is 6.92 Å². The van der Waals surface area contributed by atoms with E-state index in [2.05, 4.69) is 0 Å². The first-order valence-electron chi connectivity index (χ1n) is 5.39. The number of benzene rings is 1. The average Bonchev–Trinajstić information content (AvgIpc) is 2.25. The molecule has 0 amide bonds. The van der Waals surface area contributed by atoms with Gasteiger partial charge in [0.15, 0.2) is 0 Å². The third kappa shape index (κ3) is 3.19. The van der Waals surface area contributed by atoms with Gasteiger partial charge in [-0.05, 0) is 29.7 Å². The molecule has 0 radical (unpaired) electrons. The summed E-state index contributed by atoms with van der Waals surface area (Å²) in [5.74, 6) is -0.843. The maximum atomic E-state index is 13.0. The molecule has 1 aromatic carbocycles. The molecular weight excluding hydrogens is 234 g/mol. The molecule has 17 heavy (non-hydrogen) atoms. The van der Waals surface area contributed by atoms with Crippen molar-refractivity contribution in [3.8, 4) is 0 Å². The van der Waals surface area contributed by atoms with E-state index in [1.165, 1.54) is 0 Å². The van der Waals surface area contributed by atoms with Gasteiger partial charge in [0.2, 0.25) is 0 Å². The lowest BCUT2D eigenvalue weighted by Gasteiger charge is -2.22. The second-order valence-corrected chi connectivity index (χ2v) is 4.14. The van der Waals surface area contributed by atoms with E-state index in [4.69, 9.17) is 5.73 Å². The predicted molar refractivity (Wildman–Crippen MR) is 57.8 cm³/mol. The van der Waals surface area contributed by atoms with Gasteiger partial charge in [0.25, 0.3) is 0 Å². The van der Waals surface area contributed by atoms with Crippen molar-refractivity contribution in [2.75, 3.05) is 0 Å². The van der Waals surface area contributed by atoms with Crippen molar-refractivity contribution in [3.05, 3.63) is 35.1 Å². The number of halogens is 4. The first-order valence-corrected chi connectivity index (χ1v) is 5.39. The highest BCUT2D eigenvalue weighted by Crippen LogP contribution is 2.36. The van der Waals surface area contributed by atoms with Gasteiger partial charge in [-0.1, -0.05) is 20.3 Å². The van der Waals surface area contributed by atoms with E-state index in [0.29, 0.717) is 6.42 Å². The van der Waals surface area contributed by atoms with E-state index >= 15 is 0 Å². The zero-order valence-electron chi connectivity index (χ0n) is 9.68. The second kappa shape index (κ2) is 5.04.